The molecule has 0 bridgehead atoms. The Labute approximate surface area is 154 Å². The molecule has 6 nitrogen and oxygen atoms in total. The number of nitrogens with zero attached hydrogens (tertiary/aromatic N) is 1. The van der Waals surface area contributed by atoms with Crippen molar-refractivity contribution in [3.63, 3.8) is 0 Å². The number of likely N-dealkylation sites (tertiary alicyclic amines) is 1. The minimum absolute atomic E-state index is 0.282. The molecule has 0 saturated carbocycles. The number of rotatable bonds is 5. The number of esters is 2. The Kier molecular flexibility index (Phi) is 6.81. The van der Waals surface area contributed by atoms with Crippen molar-refractivity contribution in [3.05, 3.63) is 35.4 Å². The largest absolute Gasteiger partial charge is 0.466 e. The Hall–Kier alpha value is -2.58. The molecule has 0 aromatic heterocycles. The molecule has 9 heteroatoms. The topological polar surface area (TPSA) is 72.9 Å². The molecule has 0 unspecified atom stereocenters. The summed E-state index contributed by atoms with van der Waals surface area (Å²) >= 11 is 0. The number of piperidine rings is 1. The number of ether oxygens (including phenoxy) is 2. The van der Waals surface area contributed by atoms with E-state index in [0.29, 0.717) is 25.9 Å². The molecular weight excluding hydrogens is 367 g/mol. The van der Waals surface area contributed by atoms with Gasteiger partial charge in [0.1, 0.15) is 0 Å². The lowest BCUT2D eigenvalue weighted by atomic mass is 9.97. The zero-order chi connectivity index (χ0) is 20.0. The number of halogens is 3. The molecule has 1 fully saturated rings. The monoisotopic (exact) mass is 387 g/mol. The van der Waals surface area contributed by atoms with Gasteiger partial charge in [-0.3, -0.25) is 9.59 Å². The van der Waals surface area contributed by atoms with Crippen LogP contribution in [0.25, 0.3) is 0 Å². The number of alkyl halides is 3. The minimum atomic E-state index is -4.70. The molecule has 148 valence electrons. The van der Waals surface area contributed by atoms with Crippen LogP contribution in [0, 0.1) is 5.92 Å². The second-order valence-corrected chi connectivity index (χ2v) is 6.03. The third-order valence-corrected chi connectivity index (χ3v) is 4.25. The normalized spacial score (nSPS) is 15.3. The zero-order valence-electron chi connectivity index (χ0n) is 14.8. The molecule has 27 heavy (non-hydrogen) atoms. The fourth-order valence-electron chi connectivity index (χ4n) is 2.83. The molecule has 0 N–H and O–H groups in total. The smallest absolute Gasteiger partial charge is 0.417 e. The summed E-state index contributed by atoms with van der Waals surface area (Å²) in [6.45, 7) is 1.92. The van der Waals surface area contributed by atoms with E-state index in [1.54, 1.807) is 6.92 Å². The van der Waals surface area contributed by atoms with Gasteiger partial charge in [-0.25, -0.2) is 4.79 Å². The zero-order valence-corrected chi connectivity index (χ0v) is 14.8. The molecule has 1 amide bonds. The van der Waals surface area contributed by atoms with Crippen LogP contribution < -0.4 is 0 Å². The van der Waals surface area contributed by atoms with E-state index in [-0.39, 0.29) is 18.5 Å². The van der Waals surface area contributed by atoms with Crippen molar-refractivity contribution in [2.75, 3.05) is 26.3 Å². The maximum Gasteiger partial charge on any atom is 0.417 e. The Morgan fingerprint density at radius 1 is 1.11 bits per heavy atom. The van der Waals surface area contributed by atoms with E-state index in [1.807, 2.05) is 0 Å². The first-order valence-corrected chi connectivity index (χ1v) is 8.51. The number of carbonyl (C=O) groups excluding carboxylic acids is 3. The molecule has 0 radical (unpaired) electrons. The molecule has 0 spiro atoms. The summed E-state index contributed by atoms with van der Waals surface area (Å²) in [6.07, 6.45) is -3.85. The minimum Gasteiger partial charge on any atom is -0.466 e. The molecule has 1 aromatic rings. The summed E-state index contributed by atoms with van der Waals surface area (Å²) < 4.78 is 48.5. The van der Waals surface area contributed by atoms with Crippen LogP contribution in [0.3, 0.4) is 0 Å². The van der Waals surface area contributed by atoms with E-state index in [0.717, 1.165) is 12.1 Å². The Balaban J connectivity index is 1.88. The lowest BCUT2D eigenvalue weighted by Gasteiger charge is -2.30. The third kappa shape index (κ3) is 5.45. The Morgan fingerprint density at radius 2 is 1.74 bits per heavy atom. The summed E-state index contributed by atoms with van der Waals surface area (Å²) in [5.74, 6) is -2.32. The van der Waals surface area contributed by atoms with Crippen molar-refractivity contribution in [3.8, 4) is 0 Å². The van der Waals surface area contributed by atoms with Gasteiger partial charge >= 0.3 is 18.1 Å². The molecule has 1 aliphatic heterocycles. The number of carbonyl (C=O) groups is 3. The standard InChI is InChI=1S/C18H20F3NO5/c1-2-26-16(24)12-7-9-22(10-8-12)15(23)11-27-17(25)13-5-3-4-6-14(13)18(19,20)21/h3-6,12H,2,7-11H2,1H3. The van der Waals surface area contributed by atoms with Crippen LogP contribution in [0.15, 0.2) is 24.3 Å². The van der Waals surface area contributed by atoms with Gasteiger partial charge in [-0.1, -0.05) is 12.1 Å². The number of hydrogen-bond donors (Lipinski definition) is 0. The van der Waals surface area contributed by atoms with E-state index in [9.17, 15) is 27.6 Å². The van der Waals surface area contributed by atoms with Gasteiger partial charge in [0.15, 0.2) is 6.61 Å². The summed E-state index contributed by atoms with van der Waals surface area (Å²) in [6, 6.07) is 4.23. The van der Waals surface area contributed by atoms with Crippen molar-refractivity contribution in [2.45, 2.75) is 25.9 Å². The van der Waals surface area contributed by atoms with Crippen molar-refractivity contribution < 1.29 is 37.0 Å². The molecule has 0 aliphatic carbocycles. The second-order valence-electron chi connectivity index (χ2n) is 6.03. The van der Waals surface area contributed by atoms with E-state index in [2.05, 4.69) is 0 Å². The highest BCUT2D eigenvalue weighted by atomic mass is 19.4. The Morgan fingerprint density at radius 3 is 2.33 bits per heavy atom. The first-order chi connectivity index (χ1) is 12.7. The van der Waals surface area contributed by atoms with Crippen LogP contribution in [0.2, 0.25) is 0 Å². The molecule has 1 heterocycles. The first kappa shape index (κ1) is 20.7. The summed E-state index contributed by atoms with van der Waals surface area (Å²) in [7, 11) is 0. The quantitative estimate of drug-likeness (QED) is 0.727. The van der Waals surface area contributed by atoms with Crippen LogP contribution in [0.1, 0.15) is 35.7 Å². The van der Waals surface area contributed by atoms with Gasteiger partial charge in [0.2, 0.25) is 0 Å². The average molecular weight is 387 g/mol. The summed E-state index contributed by atoms with van der Waals surface area (Å²) in [5.41, 5.74) is -1.75. The van der Waals surface area contributed by atoms with Crippen LogP contribution in [-0.2, 0) is 25.2 Å². The van der Waals surface area contributed by atoms with Crippen LogP contribution >= 0.6 is 0 Å². The number of amides is 1. The number of benzene rings is 1. The van der Waals surface area contributed by atoms with Gasteiger partial charge in [-0.15, -0.1) is 0 Å². The van der Waals surface area contributed by atoms with E-state index in [4.69, 9.17) is 9.47 Å². The lowest BCUT2D eigenvalue weighted by Crippen LogP contribution is -2.42. The van der Waals surface area contributed by atoms with Crippen molar-refractivity contribution >= 4 is 17.8 Å². The Bertz CT molecular complexity index is 696. The fourth-order valence-corrected chi connectivity index (χ4v) is 2.83. The van der Waals surface area contributed by atoms with Gasteiger partial charge < -0.3 is 14.4 Å². The molecule has 1 saturated heterocycles. The fraction of sp³-hybridized carbons (Fsp3) is 0.500. The summed E-state index contributed by atoms with van der Waals surface area (Å²) in [5, 5.41) is 0. The first-order valence-electron chi connectivity index (χ1n) is 8.51. The molecule has 1 aromatic carbocycles. The maximum absolute atomic E-state index is 12.9. The molecule has 2 rings (SSSR count). The van der Waals surface area contributed by atoms with Crippen molar-refractivity contribution in [1.82, 2.24) is 4.90 Å². The second kappa shape index (κ2) is 8.88. The van der Waals surface area contributed by atoms with E-state index < -0.39 is 35.8 Å². The van der Waals surface area contributed by atoms with Crippen molar-refractivity contribution in [1.29, 1.82) is 0 Å². The highest BCUT2D eigenvalue weighted by Crippen LogP contribution is 2.32. The van der Waals surface area contributed by atoms with E-state index >= 15 is 0 Å². The predicted molar refractivity (Wildman–Crippen MR) is 87.7 cm³/mol. The van der Waals surface area contributed by atoms with Gasteiger partial charge in [-0.2, -0.15) is 13.2 Å². The summed E-state index contributed by atoms with van der Waals surface area (Å²) in [4.78, 5) is 37.2. The van der Waals surface area contributed by atoms with Gasteiger partial charge in [0.25, 0.3) is 5.91 Å². The number of hydrogen-bond acceptors (Lipinski definition) is 5. The van der Waals surface area contributed by atoms with Gasteiger partial charge in [0, 0.05) is 13.1 Å². The lowest BCUT2D eigenvalue weighted by molar-refractivity contribution is -0.151. The predicted octanol–water partition coefficient (Wildman–Crippen LogP) is 2.66. The van der Waals surface area contributed by atoms with E-state index in [1.165, 1.54) is 17.0 Å². The van der Waals surface area contributed by atoms with Crippen LogP contribution in [0.4, 0.5) is 13.2 Å². The van der Waals surface area contributed by atoms with Gasteiger partial charge in [-0.05, 0) is 31.9 Å². The highest BCUT2D eigenvalue weighted by Gasteiger charge is 2.35. The van der Waals surface area contributed by atoms with Crippen molar-refractivity contribution in [2.24, 2.45) is 5.92 Å². The van der Waals surface area contributed by atoms with Crippen LogP contribution in [0.5, 0.6) is 0 Å². The molecule has 0 atom stereocenters. The van der Waals surface area contributed by atoms with Crippen LogP contribution in [-0.4, -0.2) is 49.0 Å². The third-order valence-electron chi connectivity index (χ3n) is 4.25. The average Bonchev–Trinajstić information content (AvgIpc) is 2.65. The molecule has 1 aliphatic rings. The SMILES string of the molecule is CCOC(=O)C1CCN(C(=O)COC(=O)c2ccccc2C(F)(F)F)CC1. The molecular formula is C18H20F3NO5. The van der Waals surface area contributed by atoms with Gasteiger partial charge in [0.05, 0.1) is 23.7 Å². The maximum atomic E-state index is 12.9. The highest BCUT2D eigenvalue weighted by molar-refractivity contribution is 5.93.